The molecule has 1 aliphatic rings. The maximum atomic E-state index is 10.9. The molecule has 132 valence electrons. The first kappa shape index (κ1) is 16.7. The summed E-state index contributed by atoms with van der Waals surface area (Å²) in [6.45, 7) is 0. The lowest BCUT2D eigenvalue weighted by Crippen LogP contribution is -1.89. The maximum absolute atomic E-state index is 10.9. The SMILES string of the molecule is O=[N+]([O-])c1ccc(C2=C(c3ccc([N+](=O)[O-])cc3)C2c2ccccc2)cc1. The fourth-order valence-corrected chi connectivity index (χ4v) is 3.37. The fourth-order valence-electron chi connectivity index (χ4n) is 3.37. The van der Waals surface area contributed by atoms with E-state index in [1.807, 2.05) is 30.3 Å². The molecule has 0 spiro atoms. The van der Waals surface area contributed by atoms with E-state index in [9.17, 15) is 20.2 Å². The molecule has 0 N–H and O–H groups in total. The van der Waals surface area contributed by atoms with Crippen molar-refractivity contribution in [3.63, 3.8) is 0 Å². The van der Waals surface area contributed by atoms with Crippen LogP contribution in [0.15, 0.2) is 78.9 Å². The zero-order valence-electron chi connectivity index (χ0n) is 14.1. The molecule has 27 heavy (non-hydrogen) atoms. The van der Waals surface area contributed by atoms with Crippen LogP contribution in [0.5, 0.6) is 0 Å². The number of hydrogen-bond donors (Lipinski definition) is 0. The Labute approximate surface area is 154 Å². The van der Waals surface area contributed by atoms with E-state index >= 15 is 0 Å². The lowest BCUT2D eigenvalue weighted by Gasteiger charge is -2.03. The minimum Gasteiger partial charge on any atom is -0.258 e. The van der Waals surface area contributed by atoms with Gasteiger partial charge in [0.05, 0.1) is 9.85 Å². The Morgan fingerprint density at radius 3 is 1.37 bits per heavy atom. The van der Waals surface area contributed by atoms with E-state index in [2.05, 4.69) is 0 Å². The van der Waals surface area contributed by atoms with E-state index < -0.39 is 9.85 Å². The maximum Gasteiger partial charge on any atom is 0.269 e. The highest BCUT2D eigenvalue weighted by Crippen LogP contribution is 2.59. The van der Waals surface area contributed by atoms with Crippen LogP contribution in [0.3, 0.4) is 0 Å². The Bertz CT molecular complexity index is 988. The molecule has 3 aromatic carbocycles. The summed E-state index contributed by atoms with van der Waals surface area (Å²) in [6, 6.07) is 22.9. The predicted molar refractivity (Wildman–Crippen MR) is 102 cm³/mol. The molecule has 0 heterocycles. The van der Waals surface area contributed by atoms with Crippen molar-refractivity contribution in [3.05, 3.63) is 116 Å². The molecule has 0 amide bonds. The molecule has 0 fully saturated rings. The Hall–Kier alpha value is -3.80. The van der Waals surface area contributed by atoms with E-state index in [0.717, 1.165) is 27.8 Å². The number of nitrogens with zero attached hydrogens (tertiary/aromatic N) is 2. The third-order valence-electron chi connectivity index (χ3n) is 4.70. The number of non-ortho nitro benzene ring substituents is 2. The molecule has 0 unspecified atom stereocenters. The Balaban J connectivity index is 1.75. The zero-order valence-corrected chi connectivity index (χ0v) is 14.1. The van der Waals surface area contributed by atoms with E-state index in [4.69, 9.17) is 0 Å². The molecular formula is C21H14N2O4. The van der Waals surface area contributed by atoms with Gasteiger partial charge in [-0.15, -0.1) is 0 Å². The van der Waals surface area contributed by atoms with Gasteiger partial charge in [0, 0.05) is 30.2 Å². The van der Waals surface area contributed by atoms with Gasteiger partial charge in [-0.25, -0.2) is 0 Å². The average Bonchev–Trinajstić information content (AvgIpc) is 3.44. The number of benzene rings is 3. The van der Waals surface area contributed by atoms with Gasteiger partial charge in [-0.3, -0.25) is 20.2 Å². The van der Waals surface area contributed by atoms with Gasteiger partial charge in [-0.05, 0) is 52.1 Å². The van der Waals surface area contributed by atoms with E-state index in [1.54, 1.807) is 24.3 Å². The molecule has 0 aliphatic heterocycles. The molecule has 6 heteroatoms. The van der Waals surface area contributed by atoms with Crippen LogP contribution >= 0.6 is 0 Å². The quantitative estimate of drug-likeness (QED) is 0.463. The predicted octanol–water partition coefficient (Wildman–Crippen LogP) is 5.21. The second-order valence-corrected chi connectivity index (χ2v) is 6.28. The van der Waals surface area contributed by atoms with Crippen LogP contribution in [-0.4, -0.2) is 9.85 Å². The van der Waals surface area contributed by atoms with Crippen LogP contribution in [0, 0.1) is 20.2 Å². The minimum atomic E-state index is -0.420. The highest BCUT2D eigenvalue weighted by molar-refractivity contribution is 6.15. The highest BCUT2D eigenvalue weighted by Gasteiger charge is 2.39. The zero-order chi connectivity index (χ0) is 19.0. The Morgan fingerprint density at radius 2 is 1.00 bits per heavy atom. The Morgan fingerprint density at radius 1 is 0.593 bits per heavy atom. The minimum absolute atomic E-state index is 0.0492. The monoisotopic (exact) mass is 358 g/mol. The molecule has 0 aromatic heterocycles. The van der Waals surface area contributed by atoms with E-state index in [1.165, 1.54) is 24.3 Å². The first-order chi connectivity index (χ1) is 13.1. The Kier molecular flexibility index (Phi) is 4.01. The number of nitro benzene ring substituents is 2. The van der Waals surface area contributed by atoms with Gasteiger partial charge in [-0.1, -0.05) is 30.3 Å². The molecule has 6 nitrogen and oxygen atoms in total. The lowest BCUT2D eigenvalue weighted by atomic mass is 10.0. The largest absolute Gasteiger partial charge is 0.269 e. The number of rotatable bonds is 5. The molecular weight excluding hydrogens is 344 g/mol. The average molecular weight is 358 g/mol. The molecule has 0 radical (unpaired) electrons. The second kappa shape index (κ2) is 6.49. The van der Waals surface area contributed by atoms with Crippen molar-refractivity contribution in [2.24, 2.45) is 0 Å². The molecule has 0 atom stereocenters. The standard InChI is InChI=1S/C21H14N2O4/c24-22(25)17-10-6-15(7-11-17)20-19(14-4-2-1-3-5-14)21(20)16-8-12-18(13-9-16)23(26)27/h1-13,19H. The molecule has 3 aromatic rings. The summed E-state index contributed by atoms with van der Waals surface area (Å²) in [7, 11) is 0. The highest BCUT2D eigenvalue weighted by atomic mass is 16.6. The number of allylic oxidation sites excluding steroid dienone is 2. The van der Waals surface area contributed by atoms with Crippen LogP contribution in [0.2, 0.25) is 0 Å². The third kappa shape index (κ3) is 3.08. The first-order valence-corrected chi connectivity index (χ1v) is 8.35. The molecule has 0 bridgehead atoms. The van der Waals surface area contributed by atoms with Crippen LogP contribution in [0.25, 0.3) is 11.1 Å². The lowest BCUT2D eigenvalue weighted by molar-refractivity contribution is -0.385. The van der Waals surface area contributed by atoms with E-state index in [0.29, 0.717) is 0 Å². The number of nitro groups is 2. The van der Waals surface area contributed by atoms with Crippen molar-refractivity contribution in [2.45, 2.75) is 5.92 Å². The van der Waals surface area contributed by atoms with Gasteiger partial charge in [0.2, 0.25) is 0 Å². The van der Waals surface area contributed by atoms with Crippen LogP contribution in [-0.2, 0) is 0 Å². The van der Waals surface area contributed by atoms with Crippen molar-refractivity contribution in [2.75, 3.05) is 0 Å². The molecule has 0 saturated carbocycles. The number of hydrogen-bond acceptors (Lipinski definition) is 4. The molecule has 0 saturated heterocycles. The first-order valence-electron chi connectivity index (χ1n) is 8.35. The van der Waals surface area contributed by atoms with Crippen molar-refractivity contribution in [1.29, 1.82) is 0 Å². The van der Waals surface area contributed by atoms with Gasteiger partial charge in [-0.2, -0.15) is 0 Å². The van der Waals surface area contributed by atoms with Crippen molar-refractivity contribution in [3.8, 4) is 0 Å². The summed E-state index contributed by atoms with van der Waals surface area (Å²) in [5.41, 5.74) is 5.24. The van der Waals surface area contributed by atoms with Crippen molar-refractivity contribution in [1.82, 2.24) is 0 Å². The molecule has 4 rings (SSSR count). The fraction of sp³-hybridized carbons (Fsp3) is 0.0476. The summed E-state index contributed by atoms with van der Waals surface area (Å²) in [5, 5.41) is 21.8. The smallest absolute Gasteiger partial charge is 0.258 e. The van der Waals surface area contributed by atoms with E-state index in [-0.39, 0.29) is 17.3 Å². The summed E-state index contributed by atoms with van der Waals surface area (Å²) in [6.07, 6.45) is 0. The van der Waals surface area contributed by atoms with Gasteiger partial charge in [0.15, 0.2) is 0 Å². The second-order valence-electron chi connectivity index (χ2n) is 6.28. The van der Waals surface area contributed by atoms with Gasteiger partial charge >= 0.3 is 0 Å². The van der Waals surface area contributed by atoms with Crippen LogP contribution in [0.1, 0.15) is 22.6 Å². The van der Waals surface area contributed by atoms with Gasteiger partial charge in [0.1, 0.15) is 0 Å². The normalized spacial score (nSPS) is 13.5. The molecule has 1 aliphatic carbocycles. The topological polar surface area (TPSA) is 86.3 Å². The summed E-state index contributed by atoms with van der Waals surface area (Å²) in [4.78, 5) is 21.0. The van der Waals surface area contributed by atoms with Crippen molar-refractivity contribution < 1.29 is 9.85 Å². The summed E-state index contributed by atoms with van der Waals surface area (Å²) < 4.78 is 0. The van der Waals surface area contributed by atoms with Crippen LogP contribution < -0.4 is 0 Å². The van der Waals surface area contributed by atoms with Gasteiger partial charge in [0.25, 0.3) is 11.4 Å². The summed E-state index contributed by atoms with van der Waals surface area (Å²) >= 11 is 0. The van der Waals surface area contributed by atoms with Gasteiger partial charge < -0.3 is 0 Å². The van der Waals surface area contributed by atoms with Crippen LogP contribution in [0.4, 0.5) is 11.4 Å². The summed E-state index contributed by atoms with van der Waals surface area (Å²) in [5.74, 6) is 0.0779. The van der Waals surface area contributed by atoms with Crippen molar-refractivity contribution >= 4 is 22.5 Å². The third-order valence-corrected chi connectivity index (χ3v) is 4.70.